The SMILES string of the molecule is COc1ccc(CS(=O)(=O)C(C)(c2ccc(C)cc2)S(C)(=O)=O)cc1. The third-order valence-corrected chi connectivity index (χ3v) is 9.85. The number of sulfone groups is 2. The first-order chi connectivity index (χ1) is 11.5. The first-order valence-corrected chi connectivity index (χ1v) is 11.2. The van der Waals surface area contributed by atoms with Crippen molar-refractivity contribution in [1.29, 1.82) is 0 Å². The third kappa shape index (κ3) is 3.72. The second-order valence-electron chi connectivity index (χ2n) is 6.19. The van der Waals surface area contributed by atoms with E-state index in [1.807, 2.05) is 6.92 Å². The summed E-state index contributed by atoms with van der Waals surface area (Å²) in [5.41, 5.74) is 1.67. The van der Waals surface area contributed by atoms with Crippen LogP contribution in [0.25, 0.3) is 0 Å². The van der Waals surface area contributed by atoms with E-state index in [4.69, 9.17) is 4.74 Å². The molecule has 0 spiro atoms. The molecule has 136 valence electrons. The van der Waals surface area contributed by atoms with Gasteiger partial charge < -0.3 is 4.74 Å². The molecule has 2 rings (SSSR count). The molecule has 0 aliphatic carbocycles. The summed E-state index contributed by atoms with van der Waals surface area (Å²) in [6, 6.07) is 13.1. The van der Waals surface area contributed by atoms with Crippen LogP contribution in [0.15, 0.2) is 48.5 Å². The highest BCUT2D eigenvalue weighted by atomic mass is 32.3. The largest absolute Gasteiger partial charge is 0.497 e. The Kier molecular flexibility index (Phi) is 5.30. The molecule has 0 bridgehead atoms. The van der Waals surface area contributed by atoms with Crippen LogP contribution in [0, 0.1) is 6.92 Å². The maximum atomic E-state index is 13.1. The number of methoxy groups -OCH3 is 1. The molecule has 1 unspecified atom stereocenters. The lowest BCUT2D eigenvalue weighted by Gasteiger charge is -2.28. The lowest BCUT2D eigenvalue weighted by Crippen LogP contribution is -2.41. The Hall–Kier alpha value is -1.86. The number of hydrogen-bond acceptors (Lipinski definition) is 5. The summed E-state index contributed by atoms with van der Waals surface area (Å²) in [5, 5.41) is 0. The zero-order chi connectivity index (χ0) is 18.9. The van der Waals surface area contributed by atoms with Crippen molar-refractivity contribution >= 4 is 19.7 Å². The maximum absolute atomic E-state index is 13.1. The van der Waals surface area contributed by atoms with Gasteiger partial charge in [0.05, 0.1) is 12.9 Å². The van der Waals surface area contributed by atoms with E-state index in [0.29, 0.717) is 11.3 Å². The second kappa shape index (κ2) is 6.80. The fraction of sp³-hybridized carbons (Fsp3) is 0.333. The van der Waals surface area contributed by atoms with Crippen molar-refractivity contribution in [3.63, 3.8) is 0 Å². The summed E-state index contributed by atoms with van der Waals surface area (Å²) in [4.78, 5) is 0. The first kappa shape index (κ1) is 19.5. The molecule has 0 aliphatic heterocycles. The van der Waals surface area contributed by atoms with Crippen LogP contribution in [-0.2, 0) is 29.5 Å². The predicted molar refractivity (Wildman–Crippen MR) is 99.0 cm³/mol. The summed E-state index contributed by atoms with van der Waals surface area (Å²) in [6.45, 7) is 3.11. The number of ether oxygens (including phenoxy) is 1. The van der Waals surface area contributed by atoms with Crippen LogP contribution in [0.5, 0.6) is 5.75 Å². The molecule has 1 atom stereocenters. The molecule has 0 N–H and O–H groups in total. The van der Waals surface area contributed by atoms with Crippen molar-refractivity contribution in [3.05, 3.63) is 65.2 Å². The molecule has 25 heavy (non-hydrogen) atoms. The highest BCUT2D eigenvalue weighted by molar-refractivity contribution is 8.08. The molecule has 7 heteroatoms. The minimum atomic E-state index is -4.05. The van der Waals surface area contributed by atoms with E-state index < -0.39 is 23.8 Å². The van der Waals surface area contributed by atoms with Gasteiger partial charge in [-0.3, -0.25) is 0 Å². The molecule has 5 nitrogen and oxygen atoms in total. The van der Waals surface area contributed by atoms with Gasteiger partial charge in [0.1, 0.15) is 5.75 Å². The molecular weight excluding hydrogens is 360 g/mol. The molecule has 0 heterocycles. The molecular formula is C18H22O5S2. The van der Waals surface area contributed by atoms with E-state index in [1.54, 1.807) is 48.5 Å². The third-order valence-electron chi connectivity index (χ3n) is 4.39. The van der Waals surface area contributed by atoms with E-state index in [9.17, 15) is 16.8 Å². The zero-order valence-electron chi connectivity index (χ0n) is 14.7. The molecule has 0 amide bonds. The van der Waals surface area contributed by atoms with E-state index in [0.717, 1.165) is 11.8 Å². The van der Waals surface area contributed by atoms with Crippen molar-refractivity contribution in [2.45, 2.75) is 23.7 Å². The van der Waals surface area contributed by atoms with Gasteiger partial charge in [0, 0.05) is 6.26 Å². The molecule has 2 aromatic rings. The van der Waals surface area contributed by atoms with Gasteiger partial charge in [0.25, 0.3) is 0 Å². The molecule has 0 aromatic heterocycles. The second-order valence-corrected chi connectivity index (χ2v) is 11.1. The monoisotopic (exact) mass is 382 g/mol. The lowest BCUT2D eigenvalue weighted by molar-refractivity contribution is 0.414. The molecule has 2 aromatic carbocycles. The highest BCUT2D eigenvalue weighted by Gasteiger charge is 2.49. The van der Waals surface area contributed by atoms with Gasteiger partial charge >= 0.3 is 0 Å². The lowest BCUT2D eigenvalue weighted by atomic mass is 10.1. The summed E-state index contributed by atoms with van der Waals surface area (Å²) in [5.74, 6) is 0.222. The molecule has 0 radical (unpaired) electrons. The number of benzene rings is 2. The van der Waals surface area contributed by atoms with Crippen LogP contribution in [-0.4, -0.2) is 30.2 Å². The van der Waals surface area contributed by atoms with Crippen LogP contribution < -0.4 is 4.74 Å². The van der Waals surface area contributed by atoms with E-state index in [-0.39, 0.29) is 11.3 Å². The normalized spacial score (nSPS) is 14.7. The molecule has 0 saturated carbocycles. The maximum Gasteiger partial charge on any atom is 0.195 e. The van der Waals surface area contributed by atoms with Crippen LogP contribution >= 0.6 is 0 Å². The van der Waals surface area contributed by atoms with Crippen LogP contribution in [0.3, 0.4) is 0 Å². The molecule has 0 saturated heterocycles. The Morgan fingerprint density at radius 2 is 1.44 bits per heavy atom. The van der Waals surface area contributed by atoms with Crippen molar-refractivity contribution < 1.29 is 21.6 Å². The fourth-order valence-electron chi connectivity index (χ4n) is 2.56. The number of rotatable bonds is 6. The minimum absolute atomic E-state index is 0.245. The van der Waals surface area contributed by atoms with E-state index in [2.05, 4.69) is 0 Å². The Bertz CT molecular complexity index is 944. The van der Waals surface area contributed by atoms with E-state index >= 15 is 0 Å². The van der Waals surface area contributed by atoms with Crippen LogP contribution in [0.1, 0.15) is 23.6 Å². The standard InChI is InChI=1S/C18H22O5S2/c1-14-5-9-16(10-6-14)18(2,24(4,19)20)25(21,22)13-15-7-11-17(23-3)12-8-15/h5-12H,13H2,1-4H3. The Balaban J connectivity index is 2.54. The predicted octanol–water partition coefficient (Wildman–Crippen LogP) is 2.84. The minimum Gasteiger partial charge on any atom is -0.497 e. The van der Waals surface area contributed by atoms with Crippen LogP contribution in [0.4, 0.5) is 0 Å². The van der Waals surface area contributed by atoms with Gasteiger partial charge in [-0.1, -0.05) is 42.0 Å². The Morgan fingerprint density at radius 1 is 0.920 bits per heavy atom. The summed E-state index contributed by atoms with van der Waals surface area (Å²) in [6.07, 6.45) is 0.957. The van der Waals surface area contributed by atoms with Gasteiger partial charge in [-0.05, 0) is 37.1 Å². The molecule has 0 aliphatic rings. The van der Waals surface area contributed by atoms with Gasteiger partial charge in [0.15, 0.2) is 23.8 Å². The summed E-state index contributed by atoms with van der Waals surface area (Å²) in [7, 11) is -6.46. The average Bonchev–Trinajstić information content (AvgIpc) is 2.54. The van der Waals surface area contributed by atoms with E-state index in [1.165, 1.54) is 14.0 Å². The first-order valence-electron chi connectivity index (χ1n) is 7.63. The van der Waals surface area contributed by atoms with Gasteiger partial charge in [-0.15, -0.1) is 0 Å². The topological polar surface area (TPSA) is 77.5 Å². The Morgan fingerprint density at radius 3 is 1.88 bits per heavy atom. The fourth-order valence-corrected chi connectivity index (χ4v) is 6.55. The summed E-state index contributed by atoms with van der Waals surface area (Å²) < 4.78 is 54.2. The smallest absolute Gasteiger partial charge is 0.195 e. The summed E-state index contributed by atoms with van der Waals surface area (Å²) >= 11 is 0. The van der Waals surface area contributed by atoms with Crippen LogP contribution in [0.2, 0.25) is 0 Å². The van der Waals surface area contributed by atoms with Crippen molar-refractivity contribution in [2.24, 2.45) is 0 Å². The average molecular weight is 383 g/mol. The van der Waals surface area contributed by atoms with Crippen molar-refractivity contribution in [2.75, 3.05) is 13.4 Å². The quantitative estimate of drug-likeness (QED) is 0.768. The number of aryl methyl sites for hydroxylation is 1. The zero-order valence-corrected chi connectivity index (χ0v) is 16.3. The molecule has 0 fully saturated rings. The van der Waals surface area contributed by atoms with Crippen molar-refractivity contribution in [3.8, 4) is 5.75 Å². The highest BCUT2D eigenvalue weighted by Crippen LogP contribution is 2.38. The van der Waals surface area contributed by atoms with Gasteiger partial charge in [-0.2, -0.15) is 0 Å². The Labute approximate surface area is 149 Å². The number of hydrogen-bond donors (Lipinski definition) is 0. The van der Waals surface area contributed by atoms with Gasteiger partial charge in [0.2, 0.25) is 0 Å². The van der Waals surface area contributed by atoms with Gasteiger partial charge in [-0.25, -0.2) is 16.8 Å². The van der Waals surface area contributed by atoms with Crippen molar-refractivity contribution in [1.82, 2.24) is 0 Å².